The molecule has 1 aliphatic heterocycles. The van der Waals surface area contributed by atoms with Crippen LogP contribution in [0.1, 0.15) is 6.42 Å². The molecule has 0 aliphatic carbocycles. The molecule has 0 aromatic carbocycles. The monoisotopic (exact) mass is 199 g/mol. The molecule has 1 heterocycles. The summed E-state index contributed by atoms with van der Waals surface area (Å²) in [5.41, 5.74) is 0. The van der Waals surface area contributed by atoms with Crippen LogP contribution in [0.25, 0.3) is 0 Å². The largest absolute Gasteiger partial charge is 0.399 e. The highest BCUT2D eigenvalue weighted by molar-refractivity contribution is 6.32. The number of carbonyl (C=O) groups excluding carboxylic acids is 1. The van der Waals surface area contributed by atoms with Crippen molar-refractivity contribution in [3.8, 4) is 0 Å². The Kier molecular flexibility index (Phi) is 2.53. The second-order valence-corrected chi connectivity index (χ2v) is 3.17. The minimum Gasteiger partial charge on any atom is -0.391 e. The Hall–Kier alpha value is -0.420. The summed E-state index contributed by atoms with van der Waals surface area (Å²) in [6, 6.07) is 0. The quantitative estimate of drug-likeness (QED) is 0.622. The predicted molar refractivity (Wildman–Crippen MR) is 38.0 cm³/mol. The lowest BCUT2D eigenvalue weighted by atomic mass is 10.3. The molecule has 1 amide bonds. The number of amides is 1. The number of carbonyl (C=O) groups is 1. The van der Waals surface area contributed by atoms with E-state index >= 15 is 0 Å². The van der Waals surface area contributed by atoms with Gasteiger partial charge >= 0.3 is 11.3 Å². The van der Waals surface area contributed by atoms with Crippen LogP contribution in [0, 0.1) is 0 Å². The molecule has 1 atom stereocenters. The number of hydrogen-bond donors (Lipinski definition) is 1. The van der Waals surface area contributed by atoms with E-state index in [0.717, 1.165) is 4.90 Å². The molecule has 1 aliphatic rings. The van der Waals surface area contributed by atoms with Gasteiger partial charge in [0.15, 0.2) is 0 Å². The molecule has 1 fully saturated rings. The number of aliphatic hydroxyl groups is 1. The maximum Gasteiger partial charge on any atom is 0.399 e. The van der Waals surface area contributed by atoms with Crippen LogP contribution in [0.15, 0.2) is 0 Å². The van der Waals surface area contributed by atoms with E-state index in [1.54, 1.807) is 0 Å². The van der Waals surface area contributed by atoms with Gasteiger partial charge in [-0.25, -0.2) is 0 Å². The van der Waals surface area contributed by atoms with Gasteiger partial charge in [-0.05, 0) is 18.0 Å². The summed E-state index contributed by atoms with van der Waals surface area (Å²) in [5, 5.41) is 5.09. The molecule has 3 nitrogen and oxygen atoms in total. The lowest BCUT2D eigenvalue weighted by Crippen LogP contribution is -2.39. The van der Waals surface area contributed by atoms with E-state index in [9.17, 15) is 13.6 Å². The molecule has 0 spiro atoms. The zero-order valence-electron chi connectivity index (χ0n) is 6.14. The van der Waals surface area contributed by atoms with Crippen molar-refractivity contribution < 1.29 is 18.7 Å². The van der Waals surface area contributed by atoms with Crippen LogP contribution in [-0.2, 0) is 4.79 Å². The molecule has 6 heteroatoms. The van der Waals surface area contributed by atoms with E-state index in [0.29, 0.717) is 6.42 Å². The standard InChI is InChI=1S/C6H8ClF2NO2/c7-6(8,9)5(12)10-2-1-4(11)3-10/h4,11H,1-3H2/t4-/m0/s1. The van der Waals surface area contributed by atoms with Gasteiger partial charge in [0.05, 0.1) is 6.10 Å². The number of alkyl halides is 3. The Morgan fingerprint density at radius 2 is 2.25 bits per heavy atom. The van der Waals surface area contributed by atoms with Crippen LogP contribution < -0.4 is 0 Å². The third kappa shape index (κ3) is 2.04. The fourth-order valence-corrected chi connectivity index (χ4v) is 1.23. The minimum atomic E-state index is -3.84. The maximum atomic E-state index is 12.2. The first kappa shape index (κ1) is 9.67. The van der Waals surface area contributed by atoms with E-state index in [-0.39, 0.29) is 13.1 Å². The van der Waals surface area contributed by atoms with E-state index < -0.39 is 17.4 Å². The normalized spacial score (nSPS) is 24.7. The number of β-amino-alcohol motifs (C(OH)–C–C–N with tert-alkyl or cyclic N) is 1. The lowest BCUT2D eigenvalue weighted by molar-refractivity contribution is -0.146. The van der Waals surface area contributed by atoms with Crippen LogP contribution in [0.2, 0.25) is 0 Å². The lowest BCUT2D eigenvalue weighted by Gasteiger charge is -2.17. The van der Waals surface area contributed by atoms with Gasteiger partial charge in [-0.1, -0.05) is 0 Å². The average Bonchev–Trinajstić information content (AvgIpc) is 2.32. The summed E-state index contributed by atoms with van der Waals surface area (Å²) < 4.78 is 24.4. The van der Waals surface area contributed by atoms with Gasteiger partial charge in [-0.2, -0.15) is 8.78 Å². The van der Waals surface area contributed by atoms with Crippen molar-refractivity contribution in [3.63, 3.8) is 0 Å². The number of halogens is 3. The van der Waals surface area contributed by atoms with Crippen molar-refractivity contribution in [3.05, 3.63) is 0 Å². The molecule has 12 heavy (non-hydrogen) atoms. The zero-order valence-corrected chi connectivity index (χ0v) is 6.89. The van der Waals surface area contributed by atoms with Crippen LogP contribution in [0.3, 0.4) is 0 Å². The second kappa shape index (κ2) is 3.14. The summed E-state index contributed by atoms with van der Waals surface area (Å²) in [7, 11) is 0. The third-order valence-electron chi connectivity index (χ3n) is 1.69. The Balaban J connectivity index is 2.55. The fraction of sp³-hybridized carbons (Fsp3) is 0.833. The maximum absolute atomic E-state index is 12.2. The molecule has 0 unspecified atom stereocenters. The van der Waals surface area contributed by atoms with Gasteiger partial charge in [-0.3, -0.25) is 4.79 Å². The second-order valence-electron chi connectivity index (χ2n) is 2.69. The summed E-state index contributed by atoms with van der Waals surface area (Å²) in [6.45, 7) is 0.0868. The predicted octanol–water partition coefficient (Wildman–Crippen LogP) is 0.411. The molecule has 0 saturated carbocycles. The van der Waals surface area contributed by atoms with Crippen molar-refractivity contribution in [2.24, 2.45) is 0 Å². The highest BCUT2D eigenvalue weighted by atomic mass is 35.5. The van der Waals surface area contributed by atoms with E-state index in [1.165, 1.54) is 0 Å². The fourth-order valence-electron chi connectivity index (χ4n) is 1.11. The Labute approximate surface area is 72.9 Å². The number of rotatable bonds is 1. The SMILES string of the molecule is O=C(N1CC[C@H](O)C1)C(F)(F)Cl. The minimum absolute atomic E-state index is 0.0544. The molecule has 0 aromatic heterocycles. The smallest absolute Gasteiger partial charge is 0.391 e. The highest BCUT2D eigenvalue weighted by Gasteiger charge is 2.41. The van der Waals surface area contributed by atoms with E-state index in [1.807, 2.05) is 0 Å². The van der Waals surface area contributed by atoms with Crippen LogP contribution in [0.5, 0.6) is 0 Å². The van der Waals surface area contributed by atoms with Gasteiger partial charge < -0.3 is 10.0 Å². The Morgan fingerprint density at radius 1 is 1.67 bits per heavy atom. The first-order valence-corrected chi connectivity index (χ1v) is 3.83. The molecule has 0 aromatic rings. The molecular weight excluding hydrogens is 192 g/mol. The summed E-state index contributed by atoms with van der Waals surface area (Å²) in [5.74, 6) is -1.43. The Morgan fingerprint density at radius 3 is 2.58 bits per heavy atom. The third-order valence-corrected chi connectivity index (χ3v) is 1.85. The molecule has 70 valence electrons. The number of nitrogens with zero attached hydrogens (tertiary/aromatic N) is 1. The van der Waals surface area contributed by atoms with Crippen molar-refractivity contribution in [2.75, 3.05) is 13.1 Å². The van der Waals surface area contributed by atoms with E-state index in [4.69, 9.17) is 5.11 Å². The first-order valence-electron chi connectivity index (χ1n) is 3.45. The number of likely N-dealkylation sites (tertiary alicyclic amines) is 1. The molecule has 0 bridgehead atoms. The van der Waals surface area contributed by atoms with Crippen molar-refractivity contribution in [2.45, 2.75) is 17.9 Å². The highest BCUT2D eigenvalue weighted by Crippen LogP contribution is 2.24. The number of hydrogen-bond acceptors (Lipinski definition) is 2. The topological polar surface area (TPSA) is 40.5 Å². The van der Waals surface area contributed by atoms with Crippen molar-refractivity contribution >= 4 is 17.5 Å². The van der Waals surface area contributed by atoms with Crippen molar-refractivity contribution in [1.82, 2.24) is 4.90 Å². The first-order chi connectivity index (χ1) is 5.41. The molecule has 1 rings (SSSR count). The van der Waals surface area contributed by atoms with E-state index in [2.05, 4.69) is 11.6 Å². The average molecular weight is 200 g/mol. The molecule has 1 saturated heterocycles. The van der Waals surface area contributed by atoms with Crippen LogP contribution >= 0.6 is 11.6 Å². The zero-order chi connectivity index (χ0) is 9.35. The number of aliphatic hydroxyl groups excluding tert-OH is 1. The van der Waals surface area contributed by atoms with Gasteiger partial charge in [-0.15, -0.1) is 0 Å². The molecule has 1 N–H and O–H groups in total. The molecule has 0 radical (unpaired) electrons. The van der Waals surface area contributed by atoms with Gasteiger partial charge in [0.25, 0.3) is 0 Å². The van der Waals surface area contributed by atoms with Crippen molar-refractivity contribution in [1.29, 1.82) is 0 Å². The van der Waals surface area contributed by atoms with Gasteiger partial charge in [0.1, 0.15) is 0 Å². The van der Waals surface area contributed by atoms with Crippen LogP contribution in [-0.4, -0.2) is 40.5 Å². The summed E-state index contributed by atoms with van der Waals surface area (Å²) >= 11 is 4.51. The van der Waals surface area contributed by atoms with Gasteiger partial charge in [0, 0.05) is 13.1 Å². The Bertz CT molecular complexity index is 194. The summed E-state index contributed by atoms with van der Waals surface area (Å²) in [4.78, 5) is 11.6. The molecular formula is C6H8ClF2NO2. The summed E-state index contributed by atoms with van der Waals surface area (Å²) in [6.07, 6.45) is -0.369. The van der Waals surface area contributed by atoms with Crippen LogP contribution in [0.4, 0.5) is 8.78 Å². The van der Waals surface area contributed by atoms with Gasteiger partial charge in [0.2, 0.25) is 0 Å².